The minimum atomic E-state index is -1.30. The van der Waals surface area contributed by atoms with Gasteiger partial charge in [0.05, 0.1) is 12.5 Å². The van der Waals surface area contributed by atoms with Crippen molar-refractivity contribution in [2.24, 2.45) is 11.7 Å². The van der Waals surface area contributed by atoms with E-state index in [2.05, 4.69) is 24.3 Å². The molecule has 5 nitrogen and oxygen atoms in total. The van der Waals surface area contributed by atoms with Crippen LogP contribution in [0.4, 0.5) is 0 Å². The normalized spacial score (nSPS) is 14.5. The molecule has 2 atom stereocenters. The maximum Gasteiger partial charge on any atom is 0.313 e. The van der Waals surface area contributed by atoms with E-state index >= 15 is 0 Å². The summed E-state index contributed by atoms with van der Waals surface area (Å²) in [6.45, 7) is 0.956. The fourth-order valence-electron chi connectivity index (χ4n) is 4.11. The molecule has 0 aliphatic heterocycles. The van der Waals surface area contributed by atoms with Crippen molar-refractivity contribution in [1.29, 1.82) is 0 Å². The molecule has 0 amide bonds. The van der Waals surface area contributed by atoms with Gasteiger partial charge in [0.15, 0.2) is 0 Å². The Labute approximate surface area is 182 Å². The Balaban J connectivity index is 1.35. The molecule has 0 aromatic heterocycles. The van der Waals surface area contributed by atoms with Crippen LogP contribution in [-0.2, 0) is 20.9 Å². The Hall–Kier alpha value is -2.99. The van der Waals surface area contributed by atoms with Crippen molar-refractivity contribution in [3.63, 3.8) is 0 Å². The molecule has 31 heavy (non-hydrogen) atoms. The van der Waals surface area contributed by atoms with Crippen LogP contribution in [0.15, 0.2) is 78.9 Å². The predicted molar refractivity (Wildman–Crippen MR) is 119 cm³/mol. The Bertz CT molecular complexity index is 973. The summed E-state index contributed by atoms with van der Waals surface area (Å²) in [7, 11) is 0. The first-order valence-electron chi connectivity index (χ1n) is 10.6. The summed E-state index contributed by atoms with van der Waals surface area (Å²) in [5.74, 6) is -1.36. The maximum absolute atomic E-state index is 12.7. The van der Waals surface area contributed by atoms with Gasteiger partial charge in [-0.05, 0) is 34.2 Å². The number of aliphatic hydroxyl groups is 1. The van der Waals surface area contributed by atoms with E-state index in [9.17, 15) is 9.90 Å². The second-order valence-corrected chi connectivity index (χ2v) is 7.78. The summed E-state index contributed by atoms with van der Waals surface area (Å²) >= 11 is 0. The summed E-state index contributed by atoms with van der Waals surface area (Å²) in [5.41, 5.74) is 11.3. The molecule has 3 N–H and O–H groups in total. The first-order valence-corrected chi connectivity index (χ1v) is 10.6. The molecule has 2 unspecified atom stereocenters. The standard InChI is InChI=1S/C26H27NO4/c27-25(28)23(14-15-30-16-18-8-2-1-3-9-18)26(29)31-17-24-21-12-6-4-10-19(21)20-11-5-7-13-22(20)24/h1-13,23-25,28H,14-17,27H2. The second-order valence-electron chi connectivity index (χ2n) is 7.78. The molecule has 0 spiro atoms. The summed E-state index contributed by atoms with van der Waals surface area (Å²) in [5, 5.41) is 9.93. The Morgan fingerprint density at radius 3 is 2.10 bits per heavy atom. The van der Waals surface area contributed by atoms with Crippen molar-refractivity contribution in [3.05, 3.63) is 95.6 Å². The van der Waals surface area contributed by atoms with Crippen LogP contribution in [-0.4, -0.2) is 30.5 Å². The topological polar surface area (TPSA) is 81.8 Å². The third-order valence-corrected chi connectivity index (χ3v) is 5.75. The molecule has 1 aliphatic rings. The van der Waals surface area contributed by atoms with Gasteiger partial charge in [-0.2, -0.15) is 0 Å². The van der Waals surface area contributed by atoms with Crippen LogP contribution in [0.3, 0.4) is 0 Å². The Morgan fingerprint density at radius 1 is 0.903 bits per heavy atom. The van der Waals surface area contributed by atoms with Crippen LogP contribution in [0.1, 0.15) is 29.0 Å². The number of aliphatic hydroxyl groups excluding tert-OH is 1. The molecule has 5 heteroatoms. The molecule has 0 radical (unpaired) electrons. The average molecular weight is 418 g/mol. The van der Waals surface area contributed by atoms with Crippen LogP contribution in [0.25, 0.3) is 11.1 Å². The minimum Gasteiger partial charge on any atom is -0.464 e. The Morgan fingerprint density at radius 2 is 1.48 bits per heavy atom. The first-order chi connectivity index (χ1) is 15.1. The van der Waals surface area contributed by atoms with E-state index in [1.165, 1.54) is 11.1 Å². The van der Waals surface area contributed by atoms with E-state index in [0.29, 0.717) is 19.6 Å². The number of hydrogen-bond donors (Lipinski definition) is 2. The predicted octanol–water partition coefficient (Wildman–Crippen LogP) is 3.84. The van der Waals surface area contributed by atoms with Gasteiger partial charge in [-0.3, -0.25) is 4.79 Å². The van der Waals surface area contributed by atoms with Crippen LogP contribution < -0.4 is 5.73 Å². The van der Waals surface area contributed by atoms with Crippen LogP contribution >= 0.6 is 0 Å². The lowest BCUT2D eigenvalue weighted by Crippen LogP contribution is -2.37. The molecular formula is C26H27NO4. The highest BCUT2D eigenvalue weighted by Crippen LogP contribution is 2.44. The van der Waals surface area contributed by atoms with E-state index in [1.54, 1.807) is 0 Å². The van der Waals surface area contributed by atoms with E-state index < -0.39 is 18.1 Å². The fraction of sp³-hybridized carbons (Fsp3) is 0.269. The number of fused-ring (bicyclic) bond motifs is 3. The molecule has 0 fully saturated rings. The molecule has 4 rings (SSSR count). The number of ether oxygens (including phenoxy) is 2. The lowest BCUT2D eigenvalue weighted by Gasteiger charge is -2.20. The van der Waals surface area contributed by atoms with E-state index in [-0.39, 0.29) is 12.5 Å². The molecule has 0 bridgehead atoms. The SMILES string of the molecule is NC(O)C(CCOCc1ccccc1)C(=O)OCC1c2ccccc2-c2ccccc21. The zero-order valence-electron chi connectivity index (χ0n) is 17.3. The van der Waals surface area contributed by atoms with Crippen molar-refractivity contribution in [3.8, 4) is 11.1 Å². The van der Waals surface area contributed by atoms with E-state index in [4.69, 9.17) is 15.2 Å². The summed E-state index contributed by atoms with van der Waals surface area (Å²) in [4.78, 5) is 12.7. The number of carbonyl (C=O) groups excluding carboxylic acids is 1. The second kappa shape index (κ2) is 9.88. The van der Waals surface area contributed by atoms with E-state index in [1.807, 2.05) is 54.6 Å². The molecule has 160 valence electrons. The Kier molecular flexibility index (Phi) is 6.77. The molecule has 3 aromatic rings. The number of hydrogen-bond acceptors (Lipinski definition) is 5. The highest BCUT2D eigenvalue weighted by molar-refractivity contribution is 5.79. The molecular weight excluding hydrogens is 390 g/mol. The average Bonchev–Trinajstić information content (AvgIpc) is 3.12. The van der Waals surface area contributed by atoms with E-state index in [0.717, 1.165) is 16.7 Å². The molecule has 3 aromatic carbocycles. The molecule has 0 saturated heterocycles. The largest absolute Gasteiger partial charge is 0.464 e. The lowest BCUT2D eigenvalue weighted by atomic mass is 9.98. The van der Waals surface area contributed by atoms with Gasteiger partial charge in [-0.25, -0.2) is 0 Å². The summed E-state index contributed by atoms with van der Waals surface area (Å²) < 4.78 is 11.3. The maximum atomic E-state index is 12.7. The quantitative estimate of drug-likeness (QED) is 0.314. The molecule has 1 aliphatic carbocycles. The fourth-order valence-corrected chi connectivity index (χ4v) is 4.11. The van der Waals surface area contributed by atoms with Gasteiger partial charge in [0.2, 0.25) is 0 Å². The van der Waals surface area contributed by atoms with Crippen LogP contribution in [0.2, 0.25) is 0 Å². The summed E-state index contributed by atoms with van der Waals surface area (Å²) in [6, 6.07) is 26.1. The first kappa shape index (κ1) is 21.2. The molecule has 0 saturated carbocycles. The third-order valence-electron chi connectivity index (χ3n) is 5.75. The van der Waals surface area contributed by atoms with Crippen molar-refractivity contribution < 1.29 is 19.4 Å². The van der Waals surface area contributed by atoms with Crippen molar-refractivity contribution >= 4 is 5.97 Å². The lowest BCUT2D eigenvalue weighted by molar-refractivity contribution is -0.153. The zero-order valence-corrected chi connectivity index (χ0v) is 17.3. The van der Waals surface area contributed by atoms with Crippen LogP contribution in [0.5, 0.6) is 0 Å². The highest BCUT2D eigenvalue weighted by Gasteiger charge is 2.31. The minimum absolute atomic E-state index is 0.0266. The number of carbonyl (C=O) groups is 1. The zero-order chi connectivity index (χ0) is 21.6. The smallest absolute Gasteiger partial charge is 0.313 e. The van der Waals surface area contributed by atoms with Gasteiger partial charge in [0.25, 0.3) is 0 Å². The molecule has 0 heterocycles. The number of benzene rings is 3. The van der Waals surface area contributed by atoms with Crippen LogP contribution in [0, 0.1) is 5.92 Å². The van der Waals surface area contributed by atoms with Gasteiger partial charge >= 0.3 is 5.97 Å². The van der Waals surface area contributed by atoms with Crippen molar-refractivity contribution in [2.75, 3.05) is 13.2 Å². The highest BCUT2D eigenvalue weighted by atomic mass is 16.5. The van der Waals surface area contributed by atoms with Gasteiger partial charge in [0, 0.05) is 12.5 Å². The monoisotopic (exact) mass is 417 g/mol. The van der Waals surface area contributed by atoms with Crippen molar-refractivity contribution in [1.82, 2.24) is 0 Å². The van der Waals surface area contributed by atoms with Gasteiger partial charge < -0.3 is 20.3 Å². The third kappa shape index (κ3) is 4.85. The number of rotatable bonds is 9. The van der Waals surface area contributed by atoms with Crippen molar-refractivity contribution in [2.45, 2.75) is 25.2 Å². The summed E-state index contributed by atoms with van der Waals surface area (Å²) in [6.07, 6.45) is -1.00. The van der Waals surface area contributed by atoms with Gasteiger partial charge in [-0.15, -0.1) is 0 Å². The van der Waals surface area contributed by atoms with Gasteiger partial charge in [-0.1, -0.05) is 78.9 Å². The number of nitrogens with two attached hydrogens (primary N) is 1. The number of esters is 1. The van der Waals surface area contributed by atoms with Gasteiger partial charge in [0.1, 0.15) is 12.8 Å².